The van der Waals surface area contributed by atoms with Crippen LogP contribution in [0.15, 0.2) is 18.2 Å². The van der Waals surface area contributed by atoms with Crippen molar-refractivity contribution in [2.24, 2.45) is 23.5 Å². The summed E-state index contributed by atoms with van der Waals surface area (Å²) in [7, 11) is 0. The summed E-state index contributed by atoms with van der Waals surface area (Å²) >= 11 is 0. The van der Waals surface area contributed by atoms with E-state index in [1.54, 1.807) is 13.8 Å². The standard InChI is InChI=1S/C29H45NO10/c1-8-9-24(31)38-20(7)19(6)25(26(30)27(32)33)21-10-11-22(39-28(34)36-14-12-17(2)3)23(16-21)40-29(35)37-15-13-18(4)5/h10-11,16-20,25-26H,8-9,12-15,30H2,1-7H3,(H,32,33)/t19?,20?,25?,26-/m0/s1. The maximum absolute atomic E-state index is 12.4. The van der Waals surface area contributed by atoms with Gasteiger partial charge in [-0.2, -0.15) is 0 Å². The number of carbonyl (C=O) groups is 4. The number of hydrogen-bond donors (Lipinski definition) is 2. The molecular weight excluding hydrogens is 522 g/mol. The minimum atomic E-state index is -1.39. The number of ether oxygens (including phenoxy) is 5. The molecule has 0 aromatic heterocycles. The lowest BCUT2D eigenvalue weighted by Gasteiger charge is -2.31. The fourth-order valence-corrected chi connectivity index (χ4v) is 3.75. The Labute approximate surface area is 236 Å². The van der Waals surface area contributed by atoms with E-state index in [4.69, 9.17) is 29.4 Å². The summed E-state index contributed by atoms with van der Waals surface area (Å²) in [5, 5.41) is 9.74. The molecule has 0 radical (unpaired) electrons. The first kappa shape index (κ1) is 34.7. The Hall–Kier alpha value is -3.34. The van der Waals surface area contributed by atoms with Crippen molar-refractivity contribution in [2.75, 3.05) is 13.2 Å². The van der Waals surface area contributed by atoms with Gasteiger partial charge in [0.15, 0.2) is 11.5 Å². The molecule has 1 aromatic carbocycles. The van der Waals surface area contributed by atoms with Crippen LogP contribution in [0.1, 0.15) is 85.6 Å². The van der Waals surface area contributed by atoms with Crippen LogP contribution in [0, 0.1) is 17.8 Å². The second-order valence-electron chi connectivity index (χ2n) is 10.7. The van der Waals surface area contributed by atoms with Gasteiger partial charge in [0, 0.05) is 18.3 Å². The molecule has 0 aliphatic rings. The van der Waals surface area contributed by atoms with E-state index < -0.39 is 48.2 Å². The van der Waals surface area contributed by atoms with Crippen LogP contribution in [0.25, 0.3) is 0 Å². The summed E-state index contributed by atoms with van der Waals surface area (Å²) in [6, 6.07) is 2.85. The van der Waals surface area contributed by atoms with Crippen LogP contribution >= 0.6 is 0 Å². The van der Waals surface area contributed by atoms with Crippen LogP contribution in [0.5, 0.6) is 11.5 Å². The number of aliphatic carboxylic acids is 1. The second kappa shape index (κ2) is 17.4. The van der Waals surface area contributed by atoms with Gasteiger partial charge in [0.1, 0.15) is 12.1 Å². The quantitative estimate of drug-likeness (QED) is 0.144. The van der Waals surface area contributed by atoms with E-state index >= 15 is 0 Å². The molecule has 0 aliphatic heterocycles. The van der Waals surface area contributed by atoms with E-state index in [-0.39, 0.29) is 31.1 Å². The Kier molecular flexibility index (Phi) is 15.1. The van der Waals surface area contributed by atoms with Gasteiger partial charge in [-0.3, -0.25) is 9.59 Å². The zero-order valence-electron chi connectivity index (χ0n) is 24.6. The molecule has 3 unspecified atom stereocenters. The number of esters is 1. The maximum atomic E-state index is 12.4. The van der Waals surface area contributed by atoms with Gasteiger partial charge < -0.3 is 34.5 Å². The number of hydrogen-bond acceptors (Lipinski definition) is 10. The van der Waals surface area contributed by atoms with Gasteiger partial charge in [0.2, 0.25) is 0 Å². The molecule has 0 spiro atoms. The predicted molar refractivity (Wildman–Crippen MR) is 147 cm³/mol. The number of carboxylic acid groups (broad SMARTS) is 1. The maximum Gasteiger partial charge on any atom is 0.513 e. The lowest BCUT2D eigenvalue weighted by Crippen LogP contribution is -2.42. The van der Waals surface area contributed by atoms with Gasteiger partial charge in [0.25, 0.3) is 0 Å². The highest BCUT2D eigenvalue weighted by molar-refractivity contribution is 5.75. The largest absolute Gasteiger partial charge is 0.513 e. The Bertz CT molecular complexity index is 978. The summed E-state index contributed by atoms with van der Waals surface area (Å²) in [6.07, 6.45) is -0.613. The minimum Gasteiger partial charge on any atom is -0.480 e. The Morgan fingerprint density at radius 1 is 0.850 bits per heavy atom. The molecule has 0 amide bonds. The lowest BCUT2D eigenvalue weighted by atomic mass is 9.79. The lowest BCUT2D eigenvalue weighted by molar-refractivity contribution is -0.151. The Morgan fingerprint density at radius 3 is 1.85 bits per heavy atom. The molecule has 40 heavy (non-hydrogen) atoms. The zero-order valence-corrected chi connectivity index (χ0v) is 24.6. The van der Waals surface area contributed by atoms with Crippen molar-refractivity contribution in [2.45, 2.75) is 92.2 Å². The monoisotopic (exact) mass is 567 g/mol. The summed E-state index contributed by atoms with van der Waals surface area (Å²) in [5.74, 6) is -2.80. The van der Waals surface area contributed by atoms with Gasteiger partial charge in [0.05, 0.1) is 13.2 Å². The predicted octanol–water partition coefficient (Wildman–Crippen LogP) is 5.67. The van der Waals surface area contributed by atoms with E-state index in [1.165, 1.54) is 18.2 Å². The van der Waals surface area contributed by atoms with Gasteiger partial charge in [-0.25, -0.2) is 9.59 Å². The molecular formula is C29H45NO10. The highest BCUT2D eigenvalue weighted by Gasteiger charge is 2.36. The van der Waals surface area contributed by atoms with Gasteiger partial charge in [-0.1, -0.05) is 47.6 Å². The summed E-state index contributed by atoms with van der Waals surface area (Å²) in [4.78, 5) is 48.7. The average Bonchev–Trinajstić information content (AvgIpc) is 2.85. The number of nitrogens with two attached hydrogens (primary N) is 1. The molecule has 1 rings (SSSR count). The van der Waals surface area contributed by atoms with E-state index in [2.05, 4.69) is 0 Å². The molecule has 4 atom stereocenters. The molecule has 1 aromatic rings. The normalized spacial score (nSPS) is 14.2. The van der Waals surface area contributed by atoms with Crippen LogP contribution in [-0.4, -0.2) is 54.7 Å². The van der Waals surface area contributed by atoms with Crippen LogP contribution in [0.3, 0.4) is 0 Å². The van der Waals surface area contributed by atoms with E-state index in [1.807, 2.05) is 34.6 Å². The third-order valence-electron chi connectivity index (χ3n) is 6.32. The second-order valence-corrected chi connectivity index (χ2v) is 10.7. The molecule has 0 fully saturated rings. The third-order valence-corrected chi connectivity index (χ3v) is 6.32. The van der Waals surface area contributed by atoms with Crippen molar-refractivity contribution in [3.63, 3.8) is 0 Å². The molecule has 0 saturated heterocycles. The minimum absolute atomic E-state index is 0.119. The molecule has 0 heterocycles. The van der Waals surface area contributed by atoms with Crippen molar-refractivity contribution in [1.29, 1.82) is 0 Å². The van der Waals surface area contributed by atoms with Crippen molar-refractivity contribution in [3.8, 4) is 11.5 Å². The summed E-state index contributed by atoms with van der Waals surface area (Å²) < 4.78 is 26.4. The SMILES string of the molecule is CCCC(=O)OC(C)C(C)C(c1ccc(OC(=O)OCCC(C)C)c(OC(=O)OCCC(C)C)c1)[C@H](N)C(=O)O. The number of carboxylic acids is 1. The van der Waals surface area contributed by atoms with Crippen molar-refractivity contribution in [3.05, 3.63) is 23.8 Å². The first-order valence-corrected chi connectivity index (χ1v) is 13.8. The molecule has 3 N–H and O–H groups in total. The number of rotatable bonds is 16. The van der Waals surface area contributed by atoms with Crippen molar-refractivity contribution >= 4 is 24.2 Å². The van der Waals surface area contributed by atoms with Crippen molar-refractivity contribution < 1.29 is 48.0 Å². The fraction of sp³-hybridized carbons (Fsp3) is 0.655. The van der Waals surface area contributed by atoms with Gasteiger partial charge in [-0.05, 0) is 55.7 Å². The smallest absolute Gasteiger partial charge is 0.480 e. The highest BCUT2D eigenvalue weighted by Crippen LogP contribution is 2.37. The molecule has 0 aliphatic carbocycles. The first-order chi connectivity index (χ1) is 18.8. The third kappa shape index (κ3) is 12.2. The Morgan fingerprint density at radius 2 is 1.38 bits per heavy atom. The van der Waals surface area contributed by atoms with Crippen LogP contribution in [0.4, 0.5) is 9.59 Å². The molecule has 0 saturated carbocycles. The summed E-state index contributed by atoms with van der Waals surface area (Å²) in [5.41, 5.74) is 6.45. The first-order valence-electron chi connectivity index (χ1n) is 13.8. The van der Waals surface area contributed by atoms with E-state index in [0.29, 0.717) is 36.7 Å². The number of benzene rings is 1. The fourth-order valence-electron chi connectivity index (χ4n) is 3.75. The van der Waals surface area contributed by atoms with Crippen LogP contribution < -0.4 is 15.2 Å². The topological polar surface area (TPSA) is 161 Å². The highest BCUT2D eigenvalue weighted by atomic mass is 16.7. The van der Waals surface area contributed by atoms with Crippen molar-refractivity contribution in [1.82, 2.24) is 0 Å². The molecule has 226 valence electrons. The summed E-state index contributed by atoms with van der Waals surface area (Å²) in [6.45, 7) is 13.4. The molecule has 0 bridgehead atoms. The number of carbonyl (C=O) groups excluding carboxylic acids is 3. The molecule has 11 nitrogen and oxygen atoms in total. The Balaban J connectivity index is 3.35. The van der Waals surface area contributed by atoms with Gasteiger partial charge >= 0.3 is 24.2 Å². The zero-order chi connectivity index (χ0) is 30.4. The average molecular weight is 568 g/mol. The van der Waals surface area contributed by atoms with E-state index in [0.717, 1.165) is 0 Å². The van der Waals surface area contributed by atoms with Crippen LogP contribution in [0.2, 0.25) is 0 Å². The van der Waals surface area contributed by atoms with Gasteiger partial charge in [-0.15, -0.1) is 0 Å². The van der Waals surface area contributed by atoms with Crippen LogP contribution in [-0.2, 0) is 23.8 Å². The van der Waals surface area contributed by atoms with E-state index in [9.17, 15) is 24.3 Å². The molecule has 11 heteroatoms.